The second-order valence-corrected chi connectivity index (χ2v) is 6.56. The van der Waals surface area contributed by atoms with E-state index in [4.69, 9.17) is 9.47 Å². The Kier molecular flexibility index (Phi) is 5.15. The first-order valence-electron chi connectivity index (χ1n) is 7.93. The maximum absolute atomic E-state index is 12.4. The number of rotatable bonds is 5. The van der Waals surface area contributed by atoms with Crippen LogP contribution in [0.3, 0.4) is 0 Å². The third-order valence-corrected chi connectivity index (χ3v) is 4.51. The molecule has 0 bridgehead atoms. The van der Waals surface area contributed by atoms with Crippen molar-refractivity contribution in [2.24, 2.45) is 0 Å². The molecule has 1 aromatic carbocycles. The van der Waals surface area contributed by atoms with Gasteiger partial charge in [-0.3, -0.25) is 4.79 Å². The summed E-state index contributed by atoms with van der Waals surface area (Å²) in [6.45, 7) is 5.44. The van der Waals surface area contributed by atoms with E-state index in [1.807, 2.05) is 43.5 Å². The minimum atomic E-state index is -0.168. The van der Waals surface area contributed by atoms with Crippen LogP contribution in [-0.2, 0) is 4.79 Å². The summed E-state index contributed by atoms with van der Waals surface area (Å²) in [4.78, 5) is 18.5. The summed E-state index contributed by atoms with van der Waals surface area (Å²) in [5.74, 6) is 1.43. The fourth-order valence-electron chi connectivity index (χ4n) is 2.49. The molecule has 1 aliphatic heterocycles. The molecule has 0 aliphatic carbocycles. The number of nitrogens with zero attached hydrogens (tertiary/aromatic N) is 2. The van der Waals surface area contributed by atoms with Crippen LogP contribution < -0.4 is 9.47 Å². The molecule has 0 radical (unpaired) electrons. The Morgan fingerprint density at radius 3 is 2.92 bits per heavy atom. The zero-order valence-corrected chi connectivity index (χ0v) is 14.6. The average Bonchev–Trinajstić information content (AvgIpc) is 3.02. The van der Waals surface area contributed by atoms with Crippen LogP contribution in [0.5, 0.6) is 11.5 Å². The normalized spacial score (nSPS) is 16.3. The number of carbonyl (C=O) groups excluding carboxylic acids is 1. The zero-order chi connectivity index (χ0) is 16.9. The van der Waals surface area contributed by atoms with E-state index in [1.54, 1.807) is 28.4 Å². The zero-order valence-electron chi connectivity index (χ0n) is 13.8. The first-order chi connectivity index (χ1) is 11.7. The van der Waals surface area contributed by atoms with Gasteiger partial charge < -0.3 is 14.4 Å². The summed E-state index contributed by atoms with van der Waals surface area (Å²) < 4.78 is 11.6. The summed E-state index contributed by atoms with van der Waals surface area (Å²) in [7, 11) is 0. The molecule has 2 heterocycles. The lowest BCUT2D eigenvalue weighted by Crippen LogP contribution is -2.43. The molecule has 0 fully saturated rings. The highest BCUT2D eigenvalue weighted by atomic mass is 32.1. The van der Waals surface area contributed by atoms with Crippen LogP contribution in [0.4, 0.5) is 0 Å². The SMILES string of the molecule is CCN(CC1COc2ccccc2O1)C(=O)/C=C/c1csc(C)n1. The van der Waals surface area contributed by atoms with E-state index in [1.165, 1.54) is 0 Å². The molecular formula is C18H20N2O3S. The fourth-order valence-corrected chi connectivity index (χ4v) is 3.07. The van der Waals surface area contributed by atoms with Gasteiger partial charge in [0.15, 0.2) is 17.6 Å². The molecule has 1 aromatic heterocycles. The van der Waals surface area contributed by atoms with Gasteiger partial charge in [-0.05, 0) is 32.1 Å². The largest absolute Gasteiger partial charge is 0.486 e. The Morgan fingerprint density at radius 1 is 1.42 bits per heavy atom. The van der Waals surface area contributed by atoms with Gasteiger partial charge in [-0.2, -0.15) is 0 Å². The van der Waals surface area contributed by atoms with Crippen molar-refractivity contribution >= 4 is 23.3 Å². The Hall–Kier alpha value is -2.34. The number of thiazole rings is 1. The number of carbonyl (C=O) groups is 1. The predicted molar refractivity (Wildman–Crippen MR) is 94.5 cm³/mol. The monoisotopic (exact) mass is 344 g/mol. The van der Waals surface area contributed by atoms with Gasteiger partial charge in [0.05, 0.1) is 17.2 Å². The second kappa shape index (κ2) is 7.49. The van der Waals surface area contributed by atoms with Crippen LogP contribution in [0.2, 0.25) is 0 Å². The Balaban J connectivity index is 1.60. The minimum absolute atomic E-state index is 0.0504. The third kappa shape index (κ3) is 3.94. The van der Waals surface area contributed by atoms with Gasteiger partial charge in [0.25, 0.3) is 0 Å². The van der Waals surface area contributed by atoms with Crippen LogP contribution in [0.15, 0.2) is 35.7 Å². The van der Waals surface area contributed by atoms with Gasteiger partial charge >= 0.3 is 0 Å². The molecule has 24 heavy (non-hydrogen) atoms. The lowest BCUT2D eigenvalue weighted by Gasteiger charge is -2.30. The van der Waals surface area contributed by atoms with Gasteiger partial charge in [0, 0.05) is 18.0 Å². The van der Waals surface area contributed by atoms with Gasteiger partial charge in [0.2, 0.25) is 5.91 Å². The summed E-state index contributed by atoms with van der Waals surface area (Å²) >= 11 is 1.57. The molecule has 2 aromatic rings. The number of benzene rings is 1. The standard InChI is InChI=1S/C18H20N2O3S/c1-3-20(18(21)9-8-14-12-24-13(2)19-14)10-15-11-22-16-6-4-5-7-17(16)23-15/h4-9,12,15H,3,10-11H2,1-2H3/b9-8+. The number of fused-ring (bicyclic) bond motifs is 1. The van der Waals surface area contributed by atoms with Crippen molar-refractivity contribution in [3.63, 3.8) is 0 Å². The molecule has 0 spiro atoms. The molecule has 0 saturated heterocycles. The van der Waals surface area contributed by atoms with Crippen molar-refractivity contribution in [3.05, 3.63) is 46.4 Å². The molecule has 1 unspecified atom stereocenters. The topological polar surface area (TPSA) is 51.7 Å². The number of aromatic nitrogens is 1. The van der Waals surface area contributed by atoms with E-state index >= 15 is 0 Å². The van der Waals surface area contributed by atoms with Crippen molar-refractivity contribution in [1.82, 2.24) is 9.88 Å². The van der Waals surface area contributed by atoms with E-state index in [0.717, 1.165) is 22.2 Å². The summed E-state index contributed by atoms with van der Waals surface area (Å²) in [5.41, 5.74) is 0.813. The molecule has 6 heteroatoms. The smallest absolute Gasteiger partial charge is 0.246 e. The number of para-hydroxylation sites is 2. The fraction of sp³-hybridized carbons (Fsp3) is 0.333. The van der Waals surface area contributed by atoms with E-state index in [0.29, 0.717) is 19.7 Å². The number of amides is 1. The van der Waals surface area contributed by atoms with Gasteiger partial charge in [-0.25, -0.2) is 4.98 Å². The maximum Gasteiger partial charge on any atom is 0.246 e. The number of ether oxygens (including phenoxy) is 2. The molecule has 5 nitrogen and oxygen atoms in total. The number of hydrogen-bond donors (Lipinski definition) is 0. The van der Waals surface area contributed by atoms with Crippen molar-refractivity contribution in [2.75, 3.05) is 19.7 Å². The summed E-state index contributed by atoms with van der Waals surface area (Å²) in [6, 6.07) is 7.58. The highest BCUT2D eigenvalue weighted by Crippen LogP contribution is 2.31. The lowest BCUT2D eigenvalue weighted by molar-refractivity contribution is -0.127. The number of aryl methyl sites for hydroxylation is 1. The molecule has 1 amide bonds. The second-order valence-electron chi connectivity index (χ2n) is 5.50. The highest BCUT2D eigenvalue weighted by molar-refractivity contribution is 7.09. The number of hydrogen-bond acceptors (Lipinski definition) is 5. The number of likely N-dealkylation sites (N-methyl/N-ethyl adjacent to an activating group) is 1. The molecule has 126 valence electrons. The van der Waals surface area contributed by atoms with Crippen LogP contribution in [0.1, 0.15) is 17.6 Å². The van der Waals surface area contributed by atoms with E-state index in [-0.39, 0.29) is 12.0 Å². The average molecular weight is 344 g/mol. The van der Waals surface area contributed by atoms with Gasteiger partial charge in [0.1, 0.15) is 6.61 Å². The maximum atomic E-state index is 12.4. The Bertz CT molecular complexity index is 741. The van der Waals surface area contributed by atoms with Crippen molar-refractivity contribution in [2.45, 2.75) is 20.0 Å². The van der Waals surface area contributed by atoms with Crippen LogP contribution >= 0.6 is 11.3 Å². The summed E-state index contributed by atoms with van der Waals surface area (Å²) in [6.07, 6.45) is 3.15. The molecule has 1 aliphatic rings. The highest BCUT2D eigenvalue weighted by Gasteiger charge is 2.24. The minimum Gasteiger partial charge on any atom is -0.486 e. The van der Waals surface area contributed by atoms with E-state index in [9.17, 15) is 4.79 Å². The van der Waals surface area contributed by atoms with Crippen molar-refractivity contribution in [3.8, 4) is 11.5 Å². The Morgan fingerprint density at radius 2 is 2.21 bits per heavy atom. The molecule has 0 saturated carbocycles. The quantitative estimate of drug-likeness (QED) is 0.782. The van der Waals surface area contributed by atoms with Gasteiger partial charge in [-0.15, -0.1) is 11.3 Å². The van der Waals surface area contributed by atoms with Gasteiger partial charge in [-0.1, -0.05) is 12.1 Å². The van der Waals surface area contributed by atoms with Crippen molar-refractivity contribution in [1.29, 1.82) is 0 Å². The van der Waals surface area contributed by atoms with Crippen LogP contribution in [0.25, 0.3) is 6.08 Å². The molecular weight excluding hydrogens is 324 g/mol. The molecule has 3 rings (SSSR count). The lowest BCUT2D eigenvalue weighted by atomic mass is 10.2. The first kappa shape index (κ1) is 16.5. The van der Waals surface area contributed by atoms with E-state index < -0.39 is 0 Å². The Labute approximate surface area is 145 Å². The molecule has 1 atom stereocenters. The van der Waals surface area contributed by atoms with Crippen molar-refractivity contribution < 1.29 is 14.3 Å². The van der Waals surface area contributed by atoms with E-state index in [2.05, 4.69) is 4.98 Å². The first-order valence-corrected chi connectivity index (χ1v) is 8.81. The molecule has 0 N–H and O–H groups in total. The predicted octanol–water partition coefficient (Wildman–Crippen LogP) is 3.15. The summed E-state index contributed by atoms with van der Waals surface area (Å²) in [5, 5.41) is 2.92. The third-order valence-electron chi connectivity index (χ3n) is 3.72. The van der Waals surface area contributed by atoms with Crippen LogP contribution in [-0.4, -0.2) is 41.6 Å². The van der Waals surface area contributed by atoms with Crippen LogP contribution in [0, 0.1) is 6.92 Å².